The molecule has 1 aliphatic rings. The van der Waals surface area contributed by atoms with Crippen molar-refractivity contribution >= 4 is 40.8 Å². The van der Waals surface area contributed by atoms with Crippen molar-refractivity contribution in [3.8, 4) is 5.00 Å². The molecule has 0 unspecified atom stereocenters. The number of aromatic nitrogens is 1. The third-order valence-electron chi connectivity index (χ3n) is 7.42. The Morgan fingerprint density at radius 2 is 1.77 bits per heavy atom. The molecule has 0 spiro atoms. The Morgan fingerprint density at radius 3 is 2.51 bits per heavy atom. The highest BCUT2D eigenvalue weighted by atomic mass is 32.1. The molecule has 0 atom stereocenters. The van der Waals surface area contributed by atoms with Gasteiger partial charge >= 0.3 is 5.97 Å². The Morgan fingerprint density at radius 1 is 1.03 bits per heavy atom. The zero-order valence-corrected chi connectivity index (χ0v) is 23.9. The van der Waals surface area contributed by atoms with Crippen LogP contribution in [0.4, 0.5) is 11.4 Å². The minimum atomic E-state index is -0.374. The summed E-state index contributed by atoms with van der Waals surface area (Å²) in [6.07, 6.45) is 6.01. The molecule has 1 aliphatic carbocycles. The number of nitrogens with zero attached hydrogens (tertiary/aromatic N) is 2. The lowest BCUT2D eigenvalue weighted by atomic mass is 9.95. The van der Waals surface area contributed by atoms with Crippen molar-refractivity contribution < 1.29 is 14.3 Å². The molecule has 0 radical (unpaired) electrons. The molecule has 1 N–H and O–H groups in total. The van der Waals surface area contributed by atoms with Gasteiger partial charge in [0.05, 0.1) is 23.9 Å². The van der Waals surface area contributed by atoms with Crippen molar-refractivity contribution in [2.75, 3.05) is 12.4 Å². The van der Waals surface area contributed by atoms with Gasteiger partial charge < -0.3 is 14.6 Å². The fourth-order valence-electron chi connectivity index (χ4n) is 5.24. The maximum Gasteiger partial charge on any atom is 0.338 e. The summed E-state index contributed by atoms with van der Waals surface area (Å²) in [5.74, 6) is -0.438. The van der Waals surface area contributed by atoms with Crippen LogP contribution in [0.25, 0.3) is 5.00 Å². The number of hydrogen-bond acceptors (Lipinski definition) is 5. The number of carbonyl (C=O) groups excluding carboxylic acids is 2. The summed E-state index contributed by atoms with van der Waals surface area (Å²) in [7, 11) is 1.38. The lowest BCUT2D eigenvalue weighted by Gasteiger charge is -2.14. The average molecular weight is 540 g/mol. The monoisotopic (exact) mass is 539 g/mol. The standard InChI is InChI=1S/C32H33N3O3S/c1-19-13-15-24(16-14-19)34-30(36)29-26-9-6-7-12-28(26)39-31(29)35-20(2)17-23(22(35)4)18-33-27-11-8-10-25(21(27)3)32(37)38-5/h8,10-11,13-18H,6-7,9,12H2,1-5H3,(H,34,36). The Bertz CT molecular complexity index is 1590. The number of esters is 1. The smallest absolute Gasteiger partial charge is 0.338 e. The molecule has 1 amide bonds. The van der Waals surface area contributed by atoms with E-state index in [0.29, 0.717) is 11.3 Å². The molecule has 4 aromatic rings. The molecule has 2 heterocycles. The fraction of sp³-hybridized carbons (Fsp3) is 0.281. The molecular weight excluding hydrogens is 506 g/mol. The molecule has 6 nitrogen and oxygen atoms in total. The first-order valence-electron chi connectivity index (χ1n) is 13.2. The van der Waals surface area contributed by atoms with Gasteiger partial charge in [-0.1, -0.05) is 23.8 Å². The van der Waals surface area contributed by atoms with Crippen LogP contribution >= 0.6 is 11.3 Å². The van der Waals surface area contributed by atoms with Crippen molar-refractivity contribution in [2.24, 2.45) is 4.99 Å². The molecule has 0 bridgehead atoms. The predicted octanol–water partition coefficient (Wildman–Crippen LogP) is 7.44. The zero-order chi connectivity index (χ0) is 27.7. The summed E-state index contributed by atoms with van der Waals surface area (Å²) in [5.41, 5.74) is 8.93. The van der Waals surface area contributed by atoms with E-state index in [2.05, 4.69) is 29.8 Å². The Kier molecular flexibility index (Phi) is 7.53. The van der Waals surface area contributed by atoms with Gasteiger partial charge in [-0.15, -0.1) is 11.3 Å². The van der Waals surface area contributed by atoms with Crippen LogP contribution in [0.2, 0.25) is 0 Å². The summed E-state index contributed by atoms with van der Waals surface area (Å²) in [5, 5.41) is 4.10. The molecule has 2 aromatic carbocycles. The summed E-state index contributed by atoms with van der Waals surface area (Å²) < 4.78 is 7.09. The maximum absolute atomic E-state index is 13.7. The number of nitrogens with one attached hydrogen (secondary N) is 1. The van der Waals surface area contributed by atoms with Crippen LogP contribution in [0.5, 0.6) is 0 Å². The minimum absolute atomic E-state index is 0.0637. The van der Waals surface area contributed by atoms with Crippen LogP contribution in [-0.4, -0.2) is 29.8 Å². The van der Waals surface area contributed by atoms with Crippen molar-refractivity contribution in [1.82, 2.24) is 4.57 Å². The number of rotatable bonds is 6. The third-order valence-corrected chi connectivity index (χ3v) is 8.69. The first-order valence-corrected chi connectivity index (χ1v) is 14.0. The molecule has 0 saturated heterocycles. The second kappa shape index (κ2) is 11.0. The number of carbonyl (C=O) groups is 2. The molecule has 7 heteroatoms. The number of amides is 1. The van der Waals surface area contributed by atoms with E-state index < -0.39 is 0 Å². The SMILES string of the molecule is COC(=O)c1cccc(N=Cc2cc(C)n(-c3sc4c(c3C(=O)Nc3ccc(C)cc3)CCCC4)c2C)c1C. The number of fused-ring (bicyclic) bond motifs is 1. The maximum atomic E-state index is 13.7. The van der Waals surface area contributed by atoms with Crippen molar-refractivity contribution in [3.05, 3.63) is 98.2 Å². The lowest BCUT2D eigenvalue weighted by Crippen LogP contribution is -2.17. The van der Waals surface area contributed by atoms with Crippen LogP contribution in [0.1, 0.15) is 72.1 Å². The number of methoxy groups -OCH3 is 1. The largest absolute Gasteiger partial charge is 0.465 e. The van der Waals surface area contributed by atoms with Crippen LogP contribution in [-0.2, 0) is 17.6 Å². The highest BCUT2D eigenvalue weighted by Gasteiger charge is 2.28. The Balaban J connectivity index is 1.53. The van der Waals surface area contributed by atoms with E-state index in [9.17, 15) is 9.59 Å². The molecule has 200 valence electrons. The number of ether oxygens (including phenoxy) is 1. The zero-order valence-electron chi connectivity index (χ0n) is 23.1. The fourth-order valence-corrected chi connectivity index (χ4v) is 6.74. The first kappa shape index (κ1) is 26.6. The second-order valence-corrected chi connectivity index (χ2v) is 11.2. The van der Waals surface area contributed by atoms with Gasteiger partial charge in [0.15, 0.2) is 0 Å². The number of anilines is 1. The van der Waals surface area contributed by atoms with E-state index in [1.807, 2.05) is 56.5 Å². The number of aryl methyl sites for hydroxylation is 3. The van der Waals surface area contributed by atoms with Gasteiger partial charge in [0.2, 0.25) is 0 Å². The second-order valence-electron chi connectivity index (χ2n) is 10.1. The van der Waals surface area contributed by atoms with Gasteiger partial charge in [-0.25, -0.2) is 4.79 Å². The highest BCUT2D eigenvalue weighted by Crippen LogP contribution is 2.39. The summed E-state index contributed by atoms with van der Waals surface area (Å²) in [4.78, 5) is 31.9. The van der Waals surface area contributed by atoms with Gasteiger partial charge in [-0.3, -0.25) is 9.79 Å². The summed E-state index contributed by atoms with van der Waals surface area (Å²) in [6.45, 7) is 8.03. The molecule has 39 heavy (non-hydrogen) atoms. The van der Waals surface area contributed by atoms with E-state index in [4.69, 9.17) is 9.73 Å². The molecule has 2 aromatic heterocycles. The van der Waals surface area contributed by atoms with E-state index in [0.717, 1.165) is 70.0 Å². The van der Waals surface area contributed by atoms with Crippen LogP contribution < -0.4 is 5.32 Å². The predicted molar refractivity (Wildman–Crippen MR) is 159 cm³/mol. The van der Waals surface area contributed by atoms with Crippen molar-refractivity contribution in [3.63, 3.8) is 0 Å². The summed E-state index contributed by atoms with van der Waals surface area (Å²) >= 11 is 1.73. The van der Waals surface area contributed by atoms with Gasteiger partial charge in [0.25, 0.3) is 5.91 Å². The average Bonchev–Trinajstić information content (AvgIpc) is 3.44. The van der Waals surface area contributed by atoms with Crippen LogP contribution in [0, 0.1) is 27.7 Å². The Labute approximate surface area is 233 Å². The molecular formula is C32H33N3O3S. The third kappa shape index (κ3) is 5.19. The highest BCUT2D eigenvalue weighted by molar-refractivity contribution is 7.15. The lowest BCUT2D eigenvalue weighted by molar-refractivity contribution is 0.0600. The van der Waals surface area contributed by atoms with E-state index >= 15 is 0 Å². The van der Waals surface area contributed by atoms with Crippen molar-refractivity contribution in [2.45, 2.75) is 53.4 Å². The molecule has 0 saturated carbocycles. The summed E-state index contributed by atoms with van der Waals surface area (Å²) in [6, 6.07) is 15.4. The van der Waals surface area contributed by atoms with Gasteiger partial charge in [0.1, 0.15) is 5.00 Å². The molecule has 0 fully saturated rings. The molecule has 5 rings (SSSR count). The van der Waals surface area contributed by atoms with E-state index in [1.54, 1.807) is 17.4 Å². The van der Waals surface area contributed by atoms with Gasteiger partial charge in [-0.05, 0) is 94.8 Å². The number of aliphatic imine (C=N–C) groups is 1. The van der Waals surface area contributed by atoms with Crippen LogP contribution in [0.15, 0.2) is 53.5 Å². The van der Waals surface area contributed by atoms with Crippen molar-refractivity contribution in [1.29, 1.82) is 0 Å². The molecule has 0 aliphatic heterocycles. The van der Waals surface area contributed by atoms with Gasteiger partial charge in [0, 0.05) is 33.7 Å². The van der Waals surface area contributed by atoms with Gasteiger partial charge in [-0.2, -0.15) is 0 Å². The quantitative estimate of drug-likeness (QED) is 0.204. The van der Waals surface area contributed by atoms with E-state index in [1.165, 1.54) is 17.6 Å². The Hall–Kier alpha value is -3.97. The number of thiophene rings is 1. The van der Waals surface area contributed by atoms with E-state index in [-0.39, 0.29) is 11.9 Å². The first-order chi connectivity index (χ1) is 18.8. The topological polar surface area (TPSA) is 72.7 Å². The number of benzene rings is 2. The normalized spacial score (nSPS) is 12.9. The number of hydrogen-bond donors (Lipinski definition) is 1. The minimum Gasteiger partial charge on any atom is -0.465 e. The van der Waals surface area contributed by atoms with Crippen LogP contribution in [0.3, 0.4) is 0 Å².